The quantitative estimate of drug-likeness (QED) is 0.512. The maximum absolute atomic E-state index is 11.7. The summed E-state index contributed by atoms with van der Waals surface area (Å²) in [5, 5.41) is 0. The van der Waals surface area contributed by atoms with Crippen molar-refractivity contribution in [3.05, 3.63) is 12.2 Å². The lowest BCUT2D eigenvalue weighted by molar-refractivity contribution is -0.150. The Kier molecular flexibility index (Phi) is 3.73. The van der Waals surface area contributed by atoms with Gasteiger partial charge in [-0.3, -0.25) is 4.79 Å². The molecule has 0 heterocycles. The summed E-state index contributed by atoms with van der Waals surface area (Å²) in [7, 11) is 0. The molecule has 0 N–H and O–H groups in total. The van der Waals surface area contributed by atoms with Crippen molar-refractivity contribution in [2.45, 2.75) is 33.6 Å². The van der Waals surface area contributed by atoms with Gasteiger partial charge < -0.3 is 4.74 Å². The first-order valence-corrected chi connectivity index (χ1v) is 5.40. The fourth-order valence-corrected chi connectivity index (χ4v) is 2.39. The first kappa shape index (κ1) is 11.3. The number of allylic oxidation sites excluding steroid dienone is 1. The summed E-state index contributed by atoms with van der Waals surface area (Å²) < 4.78 is 5.10. The molecule has 1 fully saturated rings. The van der Waals surface area contributed by atoms with Crippen molar-refractivity contribution in [1.29, 1.82) is 0 Å². The van der Waals surface area contributed by atoms with Crippen molar-refractivity contribution in [2.24, 2.45) is 17.8 Å². The highest BCUT2D eigenvalue weighted by Gasteiger charge is 2.39. The van der Waals surface area contributed by atoms with Crippen LogP contribution in [0.1, 0.15) is 33.6 Å². The standard InChI is InChI=1S/C12H20O2/c1-5-14-12(13)11-9(4)6-7-10(11)8(2)3/h9-11H,2,5-7H2,1,3-4H3/t9-,10-,11-/m0/s1. The van der Waals surface area contributed by atoms with Gasteiger partial charge >= 0.3 is 5.97 Å². The van der Waals surface area contributed by atoms with Crippen LogP contribution in [0.15, 0.2) is 12.2 Å². The van der Waals surface area contributed by atoms with Crippen molar-refractivity contribution in [3.63, 3.8) is 0 Å². The van der Waals surface area contributed by atoms with Crippen molar-refractivity contribution in [3.8, 4) is 0 Å². The van der Waals surface area contributed by atoms with E-state index >= 15 is 0 Å². The molecule has 0 aromatic carbocycles. The Labute approximate surface area is 86.3 Å². The molecule has 0 saturated heterocycles. The summed E-state index contributed by atoms with van der Waals surface area (Å²) in [4.78, 5) is 11.7. The number of ether oxygens (including phenoxy) is 1. The predicted molar refractivity (Wildman–Crippen MR) is 56.8 cm³/mol. The molecule has 0 spiro atoms. The van der Waals surface area contributed by atoms with E-state index in [1.165, 1.54) is 0 Å². The van der Waals surface area contributed by atoms with E-state index < -0.39 is 0 Å². The molecule has 1 aliphatic rings. The molecule has 0 amide bonds. The minimum absolute atomic E-state index is 0.0366. The highest BCUT2D eigenvalue weighted by Crippen LogP contribution is 2.40. The summed E-state index contributed by atoms with van der Waals surface area (Å²) in [5.74, 6) is 0.790. The average Bonchev–Trinajstić information content (AvgIpc) is 2.47. The number of carbonyl (C=O) groups excluding carboxylic acids is 1. The smallest absolute Gasteiger partial charge is 0.309 e. The zero-order valence-electron chi connectivity index (χ0n) is 9.38. The van der Waals surface area contributed by atoms with E-state index in [0.717, 1.165) is 18.4 Å². The van der Waals surface area contributed by atoms with Crippen molar-refractivity contribution >= 4 is 5.97 Å². The largest absolute Gasteiger partial charge is 0.466 e. The van der Waals surface area contributed by atoms with Crippen molar-refractivity contribution in [2.75, 3.05) is 6.61 Å². The molecule has 1 rings (SSSR count). The number of hydrogen-bond donors (Lipinski definition) is 0. The van der Waals surface area contributed by atoms with Crippen LogP contribution >= 0.6 is 0 Å². The lowest BCUT2D eigenvalue weighted by atomic mass is 9.86. The Hall–Kier alpha value is -0.790. The molecule has 1 aliphatic carbocycles. The second-order valence-electron chi connectivity index (χ2n) is 4.29. The van der Waals surface area contributed by atoms with Gasteiger partial charge in [-0.2, -0.15) is 0 Å². The van der Waals surface area contributed by atoms with Crippen LogP contribution in [0.25, 0.3) is 0 Å². The fourth-order valence-electron chi connectivity index (χ4n) is 2.39. The van der Waals surface area contributed by atoms with Crippen LogP contribution in [0.4, 0.5) is 0 Å². The summed E-state index contributed by atoms with van der Waals surface area (Å²) in [6.45, 7) is 10.4. The molecule has 2 nitrogen and oxygen atoms in total. The van der Waals surface area contributed by atoms with Gasteiger partial charge in [0, 0.05) is 0 Å². The van der Waals surface area contributed by atoms with Crippen LogP contribution in [-0.2, 0) is 9.53 Å². The third-order valence-corrected chi connectivity index (χ3v) is 3.17. The molecule has 14 heavy (non-hydrogen) atoms. The zero-order valence-corrected chi connectivity index (χ0v) is 9.38. The van der Waals surface area contributed by atoms with Crippen LogP contribution in [0.3, 0.4) is 0 Å². The summed E-state index contributed by atoms with van der Waals surface area (Å²) in [6, 6.07) is 0. The second kappa shape index (κ2) is 4.63. The molecule has 0 aromatic heterocycles. The molecule has 0 aliphatic heterocycles. The molecular formula is C12H20O2. The fraction of sp³-hybridized carbons (Fsp3) is 0.750. The predicted octanol–water partition coefficient (Wildman–Crippen LogP) is 2.79. The summed E-state index contributed by atoms with van der Waals surface area (Å²) in [6.07, 6.45) is 2.20. The van der Waals surface area contributed by atoms with Crippen LogP contribution < -0.4 is 0 Å². The van der Waals surface area contributed by atoms with E-state index in [2.05, 4.69) is 13.5 Å². The van der Waals surface area contributed by atoms with Crippen LogP contribution in [0.2, 0.25) is 0 Å². The maximum atomic E-state index is 11.7. The number of rotatable bonds is 3. The van der Waals surface area contributed by atoms with Gasteiger partial charge in [0.15, 0.2) is 0 Å². The van der Waals surface area contributed by atoms with E-state index in [-0.39, 0.29) is 11.9 Å². The Bertz CT molecular complexity index is 232. The third kappa shape index (κ3) is 2.17. The first-order chi connectivity index (χ1) is 6.57. The molecule has 2 heteroatoms. The van der Waals surface area contributed by atoms with Gasteiger partial charge in [0.1, 0.15) is 0 Å². The summed E-state index contributed by atoms with van der Waals surface area (Å²) >= 11 is 0. The van der Waals surface area contributed by atoms with E-state index in [1.807, 2.05) is 13.8 Å². The average molecular weight is 196 g/mol. The molecular weight excluding hydrogens is 176 g/mol. The van der Waals surface area contributed by atoms with Gasteiger partial charge in [-0.25, -0.2) is 0 Å². The highest BCUT2D eigenvalue weighted by atomic mass is 16.5. The molecule has 1 saturated carbocycles. The van der Waals surface area contributed by atoms with E-state index in [1.54, 1.807) is 0 Å². The number of carbonyl (C=O) groups is 1. The molecule has 0 aromatic rings. The van der Waals surface area contributed by atoms with E-state index in [4.69, 9.17) is 4.74 Å². The highest BCUT2D eigenvalue weighted by molar-refractivity contribution is 5.74. The van der Waals surface area contributed by atoms with Gasteiger partial charge in [-0.15, -0.1) is 0 Å². The van der Waals surface area contributed by atoms with Crippen LogP contribution in [0, 0.1) is 17.8 Å². The van der Waals surface area contributed by atoms with Gasteiger partial charge in [-0.05, 0) is 38.5 Å². The number of hydrogen-bond acceptors (Lipinski definition) is 2. The van der Waals surface area contributed by atoms with Crippen molar-refractivity contribution < 1.29 is 9.53 Å². The van der Waals surface area contributed by atoms with Gasteiger partial charge in [0.2, 0.25) is 0 Å². The molecule has 80 valence electrons. The monoisotopic (exact) mass is 196 g/mol. The minimum atomic E-state index is -0.0366. The lowest BCUT2D eigenvalue weighted by Crippen LogP contribution is -2.26. The molecule has 0 radical (unpaired) electrons. The Morgan fingerprint density at radius 2 is 2.14 bits per heavy atom. The molecule has 0 bridgehead atoms. The van der Waals surface area contributed by atoms with Gasteiger partial charge in [0.25, 0.3) is 0 Å². The topological polar surface area (TPSA) is 26.3 Å². The van der Waals surface area contributed by atoms with E-state index in [0.29, 0.717) is 18.4 Å². The van der Waals surface area contributed by atoms with Crippen LogP contribution in [-0.4, -0.2) is 12.6 Å². The Balaban J connectivity index is 2.71. The zero-order chi connectivity index (χ0) is 10.7. The Morgan fingerprint density at radius 1 is 1.50 bits per heavy atom. The SMILES string of the molecule is C=C(C)[C@@H]1CC[C@H](C)[C@@H]1C(=O)OCC. The second-order valence-corrected chi connectivity index (χ2v) is 4.29. The Morgan fingerprint density at radius 3 is 2.64 bits per heavy atom. The van der Waals surface area contributed by atoms with Gasteiger partial charge in [-0.1, -0.05) is 19.1 Å². The first-order valence-electron chi connectivity index (χ1n) is 5.40. The summed E-state index contributed by atoms with van der Waals surface area (Å²) in [5.41, 5.74) is 1.12. The lowest BCUT2D eigenvalue weighted by Gasteiger charge is -2.21. The normalized spacial score (nSPS) is 31.5. The van der Waals surface area contributed by atoms with Gasteiger partial charge in [0.05, 0.1) is 12.5 Å². The molecule has 3 atom stereocenters. The number of esters is 1. The van der Waals surface area contributed by atoms with E-state index in [9.17, 15) is 4.79 Å². The maximum Gasteiger partial charge on any atom is 0.309 e. The molecule has 0 unspecified atom stereocenters. The third-order valence-electron chi connectivity index (χ3n) is 3.17. The van der Waals surface area contributed by atoms with Crippen molar-refractivity contribution in [1.82, 2.24) is 0 Å². The minimum Gasteiger partial charge on any atom is -0.466 e. The van der Waals surface area contributed by atoms with Crippen LogP contribution in [0.5, 0.6) is 0 Å².